The van der Waals surface area contributed by atoms with Crippen LogP contribution < -0.4 is 5.32 Å². The number of anilines is 2. The molecule has 0 fully saturated rings. The number of aryl methyl sites for hydroxylation is 1. The lowest BCUT2D eigenvalue weighted by Gasteiger charge is -2.00. The molecule has 0 unspecified atom stereocenters. The first-order valence-electron chi connectivity index (χ1n) is 5.32. The zero-order chi connectivity index (χ0) is 13.0. The van der Waals surface area contributed by atoms with Gasteiger partial charge in [-0.05, 0) is 18.2 Å². The van der Waals surface area contributed by atoms with E-state index >= 15 is 0 Å². The molecule has 18 heavy (non-hydrogen) atoms. The zero-order valence-electron chi connectivity index (χ0n) is 9.39. The molecule has 1 heterocycles. The van der Waals surface area contributed by atoms with Gasteiger partial charge in [0.1, 0.15) is 12.1 Å². The van der Waals surface area contributed by atoms with E-state index in [-0.39, 0.29) is 18.3 Å². The fourth-order valence-electron chi connectivity index (χ4n) is 1.40. The van der Waals surface area contributed by atoms with Crippen molar-refractivity contribution in [1.82, 2.24) is 4.98 Å². The molecule has 1 aromatic heterocycles. The number of carboxylic acid groups (broad SMARTS) is 1. The molecule has 0 aliphatic heterocycles. The number of benzene rings is 1. The van der Waals surface area contributed by atoms with E-state index < -0.39 is 5.97 Å². The largest absolute Gasteiger partial charge is 0.481 e. The summed E-state index contributed by atoms with van der Waals surface area (Å²) >= 11 is 0. The summed E-state index contributed by atoms with van der Waals surface area (Å²) in [6, 6.07) is 6.08. The van der Waals surface area contributed by atoms with Crippen LogP contribution >= 0.6 is 0 Å². The van der Waals surface area contributed by atoms with Crippen molar-refractivity contribution in [2.75, 3.05) is 5.32 Å². The lowest BCUT2D eigenvalue weighted by Crippen LogP contribution is -1.98. The Bertz CT molecular complexity index is 554. The van der Waals surface area contributed by atoms with Gasteiger partial charge in [-0.3, -0.25) is 4.79 Å². The van der Waals surface area contributed by atoms with Crippen molar-refractivity contribution < 1.29 is 18.7 Å². The second-order valence-electron chi connectivity index (χ2n) is 3.67. The Kier molecular flexibility index (Phi) is 3.57. The highest BCUT2D eigenvalue weighted by molar-refractivity contribution is 5.67. The summed E-state index contributed by atoms with van der Waals surface area (Å²) in [5, 5.41) is 11.3. The van der Waals surface area contributed by atoms with Crippen LogP contribution in [0.25, 0.3) is 0 Å². The number of oxazole rings is 1. The van der Waals surface area contributed by atoms with E-state index in [1.54, 1.807) is 12.1 Å². The van der Waals surface area contributed by atoms with Gasteiger partial charge in [-0.15, -0.1) is 0 Å². The van der Waals surface area contributed by atoms with E-state index in [9.17, 15) is 9.18 Å². The molecule has 0 bridgehead atoms. The van der Waals surface area contributed by atoms with Gasteiger partial charge < -0.3 is 14.8 Å². The van der Waals surface area contributed by atoms with Crippen LogP contribution in [-0.2, 0) is 11.2 Å². The minimum absolute atomic E-state index is 0.00800. The second kappa shape index (κ2) is 5.31. The predicted molar refractivity (Wildman–Crippen MR) is 62.1 cm³/mol. The predicted octanol–water partition coefficient (Wildman–Crippen LogP) is 2.57. The number of aliphatic carboxylic acids is 1. The fourth-order valence-corrected chi connectivity index (χ4v) is 1.40. The van der Waals surface area contributed by atoms with Crippen molar-refractivity contribution in [2.24, 2.45) is 0 Å². The van der Waals surface area contributed by atoms with Gasteiger partial charge in [-0.1, -0.05) is 6.07 Å². The third-order valence-electron chi connectivity index (χ3n) is 2.22. The van der Waals surface area contributed by atoms with Crippen LogP contribution in [0.1, 0.15) is 12.1 Å². The summed E-state index contributed by atoms with van der Waals surface area (Å²) < 4.78 is 18.0. The van der Waals surface area contributed by atoms with Crippen LogP contribution in [0, 0.1) is 5.82 Å². The number of halogens is 1. The molecule has 0 aliphatic carbocycles. The molecule has 0 spiro atoms. The molecule has 6 heteroatoms. The highest BCUT2D eigenvalue weighted by atomic mass is 19.1. The number of rotatable bonds is 5. The molecule has 5 nitrogen and oxygen atoms in total. The third-order valence-corrected chi connectivity index (χ3v) is 2.22. The SMILES string of the molecule is O=C(O)CCc1coc(Nc2cccc(F)c2)n1. The van der Waals surface area contributed by atoms with Crippen LogP contribution in [-0.4, -0.2) is 16.1 Å². The van der Waals surface area contributed by atoms with E-state index in [4.69, 9.17) is 9.52 Å². The lowest BCUT2D eigenvalue weighted by atomic mass is 10.2. The van der Waals surface area contributed by atoms with Gasteiger partial charge >= 0.3 is 5.97 Å². The number of hydrogen-bond donors (Lipinski definition) is 2. The first-order valence-corrected chi connectivity index (χ1v) is 5.32. The normalized spacial score (nSPS) is 10.3. The van der Waals surface area contributed by atoms with Crippen LogP contribution in [0.15, 0.2) is 34.9 Å². The van der Waals surface area contributed by atoms with Crippen molar-refractivity contribution >= 4 is 17.7 Å². The number of carboxylic acids is 1. The van der Waals surface area contributed by atoms with Gasteiger partial charge in [0.25, 0.3) is 6.01 Å². The number of hydrogen-bond acceptors (Lipinski definition) is 4. The summed E-state index contributed by atoms with van der Waals surface area (Å²) in [6.45, 7) is 0. The van der Waals surface area contributed by atoms with Crippen molar-refractivity contribution in [1.29, 1.82) is 0 Å². The van der Waals surface area contributed by atoms with Gasteiger partial charge in [0.15, 0.2) is 0 Å². The molecule has 0 saturated heterocycles. The van der Waals surface area contributed by atoms with Crippen LogP contribution in [0.2, 0.25) is 0 Å². The smallest absolute Gasteiger partial charge is 0.303 e. The zero-order valence-corrected chi connectivity index (χ0v) is 9.39. The second-order valence-corrected chi connectivity index (χ2v) is 3.67. The summed E-state index contributed by atoms with van der Waals surface area (Å²) in [4.78, 5) is 14.4. The first-order chi connectivity index (χ1) is 8.63. The van der Waals surface area contributed by atoms with Gasteiger partial charge in [0.2, 0.25) is 0 Å². The topological polar surface area (TPSA) is 75.4 Å². The van der Waals surface area contributed by atoms with Crippen molar-refractivity contribution in [3.05, 3.63) is 42.0 Å². The Hall–Kier alpha value is -2.37. The standard InChI is InChI=1S/C12H11FN2O3/c13-8-2-1-3-9(6-8)14-12-15-10(7-18-12)4-5-11(16)17/h1-3,6-7H,4-5H2,(H,14,15)(H,16,17). The average molecular weight is 250 g/mol. The molecular formula is C12H11FN2O3. The molecular weight excluding hydrogens is 239 g/mol. The minimum Gasteiger partial charge on any atom is -0.481 e. The van der Waals surface area contributed by atoms with Crippen molar-refractivity contribution in [3.63, 3.8) is 0 Å². The van der Waals surface area contributed by atoms with Crippen molar-refractivity contribution in [2.45, 2.75) is 12.8 Å². The maximum atomic E-state index is 12.9. The summed E-state index contributed by atoms with van der Waals surface area (Å²) in [5.41, 5.74) is 1.05. The van der Waals surface area contributed by atoms with Crippen molar-refractivity contribution in [3.8, 4) is 0 Å². The highest BCUT2D eigenvalue weighted by Crippen LogP contribution is 2.17. The van der Waals surface area contributed by atoms with Crippen LogP contribution in [0.4, 0.5) is 16.1 Å². The Labute approximate surface area is 102 Å². The van der Waals surface area contributed by atoms with E-state index in [0.29, 0.717) is 17.8 Å². The maximum absolute atomic E-state index is 12.9. The Morgan fingerprint density at radius 2 is 2.33 bits per heavy atom. The molecule has 94 valence electrons. The number of carbonyl (C=O) groups is 1. The van der Waals surface area contributed by atoms with E-state index in [2.05, 4.69) is 10.3 Å². The molecule has 0 radical (unpaired) electrons. The third kappa shape index (κ3) is 3.31. The highest BCUT2D eigenvalue weighted by Gasteiger charge is 2.06. The van der Waals surface area contributed by atoms with Gasteiger partial charge in [0, 0.05) is 12.1 Å². The van der Waals surface area contributed by atoms with Gasteiger partial charge in [-0.2, -0.15) is 4.98 Å². The molecule has 0 aliphatic rings. The average Bonchev–Trinajstić information content (AvgIpc) is 2.74. The minimum atomic E-state index is -0.891. The van der Waals surface area contributed by atoms with Crippen LogP contribution in [0.3, 0.4) is 0 Å². The Morgan fingerprint density at radius 1 is 1.50 bits per heavy atom. The Morgan fingerprint density at radius 3 is 3.06 bits per heavy atom. The molecule has 0 saturated carbocycles. The molecule has 2 rings (SSSR count). The molecule has 2 N–H and O–H groups in total. The van der Waals surface area contributed by atoms with Gasteiger partial charge in [-0.25, -0.2) is 4.39 Å². The number of aromatic nitrogens is 1. The van der Waals surface area contributed by atoms with E-state index in [1.807, 2.05) is 0 Å². The summed E-state index contributed by atoms with van der Waals surface area (Å²) in [5.74, 6) is -1.25. The fraction of sp³-hybridized carbons (Fsp3) is 0.167. The monoisotopic (exact) mass is 250 g/mol. The quantitative estimate of drug-likeness (QED) is 0.853. The Balaban J connectivity index is 2.00. The lowest BCUT2D eigenvalue weighted by molar-refractivity contribution is -0.136. The van der Waals surface area contributed by atoms with Crippen LogP contribution in [0.5, 0.6) is 0 Å². The maximum Gasteiger partial charge on any atom is 0.303 e. The van der Waals surface area contributed by atoms with E-state index in [1.165, 1.54) is 18.4 Å². The molecule has 0 atom stereocenters. The summed E-state index contributed by atoms with van der Waals surface area (Å²) in [6.07, 6.45) is 1.67. The summed E-state index contributed by atoms with van der Waals surface area (Å²) in [7, 11) is 0. The first kappa shape index (κ1) is 12.1. The van der Waals surface area contributed by atoms with E-state index in [0.717, 1.165) is 0 Å². The molecule has 1 aromatic carbocycles. The molecule has 2 aromatic rings. The number of nitrogens with zero attached hydrogens (tertiary/aromatic N) is 1. The number of nitrogens with one attached hydrogen (secondary N) is 1. The molecule has 0 amide bonds. The van der Waals surface area contributed by atoms with Gasteiger partial charge in [0.05, 0.1) is 12.1 Å².